The fourth-order valence-corrected chi connectivity index (χ4v) is 5.93. The zero-order valence-electron chi connectivity index (χ0n) is 30.2. The lowest BCUT2D eigenvalue weighted by atomic mass is 9.84. The van der Waals surface area contributed by atoms with E-state index in [9.17, 15) is 41.9 Å². The minimum absolute atomic E-state index is 0.0198. The fraction of sp³-hybridized carbons (Fsp3) is 0.667. The molecule has 20 heteroatoms. The first-order chi connectivity index (χ1) is 25.1. The third-order valence-electron chi connectivity index (χ3n) is 8.93. The Kier molecular flexibility index (Phi) is 16.2. The van der Waals surface area contributed by atoms with Crippen LogP contribution in [-0.2, 0) is 30.5 Å². The van der Waals surface area contributed by atoms with Gasteiger partial charge in [0.2, 0.25) is 23.5 Å². The molecule has 5 atom stereocenters. The molecule has 53 heavy (non-hydrogen) atoms. The van der Waals surface area contributed by atoms with E-state index >= 15 is 0 Å². The summed E-state index contributed by atoms with van der Waals surface area (Å²) in [6, 6.07) is -6.02. The van der Waals surface area contributed by atoms with E-state index in [2.05, 4.69) is 57.2 Å². The molecule has 17 nitrogen and oxygen atoms in total. The molecule has 292 valence electrons. The first kappa shape index (κ1) is 42.4. The van der Waals surface area contributed by atoms with E-state index in [1.54, 1.807) is 13.8 Å². The van der Waals surface area contributed by atoms with Crippen molar-refractivity contribution in [2.75, 3.05) is 0 Å². The van der Waals surface area contributed by atoms with Gasteiger partial charge >= 0.3 is 6.18 Å². The number of Topliss-reactive ketones (excluding diaryl/α,β-unsaturated/α-hetero) is 1. The second kappa shape index (κ2) is 20.3. The lowest BCUT2D eigenvalue weighted by Gasteiger charge is -2.31. The Morgan fingerprint density at radius 3 is 2.15 bits per heavy atom. The number of H-pyrrole nitrogens is 1. The molecule has 1 aliphatic rings. The summed E-state index contributed by atoms with van der Waals surface area (Å²) in [4.78, 5) is 87.5. The quantitative estimate of drug-likeness (QED) is 0.112. The first-order valence-electron chi connectivity index (χ1n) is 17.7. The van der Waals surface area contributed by atoms with Crippen LogP contribution in [0.2, 0.25) is 0 Å². The van der Waals surface area contributed by atoms with Gasteiger partial charge in [-0.2, -0.15) is 18.4 Å². The number of rotatable bonds is 19. The van der Waals surface area contributed by atoms with E-state index in [0.29, 0.717) is 19.3 Å². The smallest absolute Gasteiger partial charge is 0.344 e. The lowest BCUT2D eigenvalue weighted by Crippen LogP contribution is -2.60. The molecule has 1 unspecified atom stereocenters. The summed E-state index contributed by atoms with van der Waals surface area (Å²) in [5.74, 6) is -6.85. The van der Waals surface area contributed by atoms with Crippen LogP contribution in [0, 0.1) is 17.8 Å². The summed E-state index contributed by atoms with van der Waals surface area (Å²) >= 11 is 0. The number of nitrogens with one attached hydrogen (secondary N) is 6. The minimum atomic E-state index is -4.95. The molecule has 0 aliphatic heterocycles. The van der Waals surface area contributed by atoms with Crippen molar-refractivity contribution in [1.29, 1.82) is 0 Å². The third-order valence-corrected chi connectivity index (χ3v) is 8.93. The average Bonchev–Trinajstić information content (AvgIpc) is 3.65. The molecule has 2 aromatic rings. The fourth-order valence-electron chi connectivity index (χ4n) is 5.93. The molecule has 0 saturated heterocycles. The largest absolute Gasteiger partial charge is 0.391 e. The maximum Gasteiger partial charge on any atom is 0.391 e. The van der Waals surface area contributed by atoms with Crippen LogP contribution in [0.25, 0.3) is 0 Å². The van der Waals surface area contributed by atoms with Crippen molar-refractivity contribution < 1.29 is 41.9 Å². The number of carbonyl (C=O) groups excluding carboxylic acids is 6. The summed E-state index contributed by atoms with van der Waals surface area (Å²) in [6.07, 6.45) is 1.88. The van der Waals surface area contributed by atoms with Gasteiger partial charge in [-0.15, -0.1) is 10.2 Å². The molecule has 6 N–H and O–H groups in total. The normalized spacial score (nSPS) is 16.4. The van der Waals surface area contributed by atoms with E-state index < -0.39 is 84.5 Å². The Hall–Kier alpha value is -5.04. The monoisotopic (exact) mass is 751 g/mol. The molecule has 5 amide bonds. The van der Waals surface area contributed by atoms with Crippen LogP contribution in [0.3, 0.4) is 0 Å². The van der Waals surface area contributed by atoms with E-state index in [4.69, 9.17) is 0 Å². The Bertz CT molecular complexity index is 1520. The first-order valence-corrected chi connectivity index (χ1v) is 17.7. The van der Waals surface area contributed by atoms with Crippen LogP contribution in [0.5, 0.6) is 0 Å². The molecule has 1 aliphatic carbocycles. The highest BCUT2D eigenvalue weighted by atomic mass is 19.4. The topological polar surface area (TPSA) is 243 Å². The van der Waals surface area contributed by atoms with Gasteiger partial charge in [0, 0.05) is 12.4 Å². The number of aromatic amines is 1. The summed E-state index contributed by atoms with van der Waals surface area (Å²) in [7, 11) is 0. The van der Waals surface area contributed by atoms with Gasteiger partial charge in [0.05, 0.1) is 19.2 Å². The van der Waals surface area contributed by atoms with Crippen molar-refractivity contribution in [3.05, 3.63) is 30.1 Å². The number of amides is 5. The second-order valence-corrected chi connectivity index (χ2v) is 13.7. The molecule has 0 bridgehead atoms. The Morgan fingerprint density at radius 2 is 1.57 bits per heavy atom. The van der Waals surface area contributed by atoms with E-state index in [0.717, 1.165) is 19.3 Å². The van der Waals surface area contributed by atoms with Gasteiger partial charge in [-0.05, 0) is 30.6 Å². The number of nitrogens with zero attached hydrogens (tertiary/aromatic N) is 5. The molecule has 1 saturated carbocycles. The van der Waals surface area contributed by atoms with E-state index in [1.807, 2.05) is 13.8 Å². The molecule has 3 rings (SSSR count). The summed E-state index contributed by atoms with van der Waals surface area (Å²) < 4.78 is 40.9. The maximum atomic E-state index is 13.9. The van der Waals surface area contributed by atoms with Crippen molar-refractivity contribution in [2.24, 2.45) is 17.8 Å². The number of carbonyl (C=O) groups is 6. The van der Waals surface area contributed by atoms with Gasteiger partial charge in [0.1, 0.15) is 29.9 Å². The Labute approximate surface area is 304 Å². The van der Waals surface area contributed by atoms with Crippen molar-refractivity contribution in [1.82, 2.24) is 57.2 Å². The van der Waals surface area contributed by atoms with Crippen LogP contribution in [-0.4, -0.2) is 96.3 Å². The van der Waals surface area contributed by atoms with Gasteiger partial charge in [0.25, 0.3) is 11.8 Å². The van der Waals surface area contributed by atoms with Gasteiger partial charge in [-0.3, -0.25) is 33.8 Å². The summed E-state index contributed by atoms with van der Waals surface area (Å²) in [5.41, 5.74) is -0.0198. The minimum Gasteiger partial charge on any atom is -0.344 e. The van der Waals surface area contributed by atoms with Gasteiger partial charge in [-0.25, -0.2) is 4.98 Å². The molecule has 0 aromatic carbocycles. The molecule has 0 spiro atoms. The second-order valence-electron chi connectivity index (χ2n) is 13.7. The molecule has 2 aromatic heterocycles. The van der Waals surface area contributed by atoms with Gasteiger partial charge in [-0.1, -0.05) is 71.4 Å². The van der Waals surface area contributed by atoms with E-state index in [1.165, 1.54) is 18.6 Å². The summed E-state index contributed by atoms with van der Waals surface area (Å²) in [6.45, 7) is 6.75. The van der Waals surface area contributed by atoms with Crippen molar-refractivity contribution in [2.45, 2.75) is 122 Å². The number of alkyl halides is 3. The zero-order chi connectivity index (χ0) is 39.1. The number of aromatic nitrogens is 6. The highest BCUT2D eigenvalue weighted by molar-refractivity contribution is 6.38. The standard InChI is InChI=1S/C33H48F3N11O6/c1-5-19(4)26(43-29(50)21(13-18(2)3)40-30(51)24-16-37-11-12-38-24)31(52)41-22(14-20-9-7-6-8-10-20)28(49)42-23(15-33(34,35)36)27(48)32(53)39-17-25-44-46-47-45-25/h11-12,16,18-23,26H,5-10,13-15,17H2,1-4H3,(H,39,53)(H,40,51)(H,41,52)(H,42,49)(H,43,50)(H,44,45,46,47)/t19?,21-,22-,23-,26-/m0/s1. The highest BCUT2D eigenvalue weighted by Crippen LogP contribution is 2.28. The van der Waals surface area contributed by atoms with Crippen LogP contribution in [0.4, 0.5) is 13.2 Å². The molecular formula is C33H48F3N11O6. The molecule has 2 heterocycles. The van der Waals surface area contributed by atoms with Crippen LogP contribution in [0.15, 0.2) is 18.6 Å². The molecule has 1 fully saturated rings. The Morgan fingerprint density at radius 1 is 0.887 bits per heavy atom. The van der Waals surface area contributed by atoms with E-state index in [-0.39, 0.29) is 36.2 Å². The predicted molar refractivity (Wildman–Crippen MR) is 181 cm³/mol. The van der Waals surface area contributed by atoms with Gasteiger partial charge in [0.15, 0.2) is 5.82 Å². The average molecular weight is 752 g/mol. The molecular weight excluding hydrogens is 703 g/mol. The number of tetrazole rings is 1. The highest BCUT2D eigenvalue weighted by Gasteiger charge is 2.41. The maximum absolute atomic E-state index is 13.9. The van der Waals surface area contributed by atoms with Crippen LogP contribution >= 0.6 is 0 Å². The predicted octanol–water partition coefficient (Wildman–Crippen LogP) is 1.44. The third kappa shape index (κ3) is 14.1. The van der Waals surface area contributed by atoms with Crippen molar-refractivity contribution in [3.63, 3.8) is 0 Å². The van der Waals surface area contributed by atoms with Gasteiger partial charge < -0.3 is 26.6 Å². The number of hydrogen-bond acceptors (Lipinski definition) is 11. The Balaban J connectivity index is 1.83. The number of hydrogen-bond donors (Lipinski definition) is 6. The zero-order valence-corrected chi connectivity index (χ0v) is 30.2. The van der Waals surface area contributed by atoms with Crippen molar-refractivity contribution >= 4 is 35.3 Å². The SMILES string of the molecule is CCC(C)[C@H](NC(=O)[C@H](CC(C)C)NC(=O)c1cnccn1)C(=O)N[C@@H](CC1CCCCC1)C(=O)N[C@@H](CC(F)(F)F)C(=O)C(=O)NCc1nn[nH]n1. The van der Waals surface area contributed by atoms with Crippen LogP contribution in [0.1, 0.15) is 102 Å². The molecule has 0 radical (unpaired) electrons. The number of ketones is 1. The summed E-state index contributed by atoms with van der Waals surface area (Å²) in [5, 5.41) is 24.7. The number of halogens is 3. The van der Waals surface area contributed by atoms with Crippen LogP contribution < -0.4 is 26.6 Å². The van der Waals surface area contributed by atoms with Crippen molar-refractivity contribution in [3.8, 4) is 0 Å². The lowest BCUT2D eigenvalue weighted by molar-refractivity contribution is -0.154.